The Morgan fingerprint density at radius 1 is 1.23 bits per heavy atom. The van der Waals surface area contributed by atoms with Gasteiger partial charge in [-0.15, -0.1) is 24.0 Å². The van der Waals surface area contributed by atoms with Gasteiger partial charge in [-0.05, 0) is 19.4 Å². The Morgan fingerprint density at radius 3 is 2.32 bits per heavy atom. The molecule has 0 saturated carbocycles. The minimum atomic E-state index is -4.17. The van der Waals surface area contributed by atoms with Crippen molar-refractivity contribution in [1.82, 2.24) is 10.2 Å². The van der Waals surface area contributed by atoms with E-state index in [2.05, 4.69) is 10.3 Å². The summed E-state index contributed by atoms with van der Waals surface area (Å²) in [5.41, 5.74) is 2.26. The minimum Gasteiger partial charge on any atom is -0.357 e. The van der Waals surface area contributed by atoms with E-state index in [1.807, 2.05) is 50.1 Å². The number of nitrogens with zero attached hydrogens (tertiary/aromatic N) is 2. The molecule has 1 aromatic rings. The number of guanidine groups is 1. The van der Waals surface area contributed by atoms with Crippen molar-refractivity contribution in [3.63, 3.8) is 0 Å². The standard InChI is InChI=1S/C15H22F3N3.HI/c1-4-19-14(20-10-9-15(16,17)18)21(3)11-13-7-5-12(2)6-8-13;/h5-8H,4,9-11H2,1-3H3,(H,19,20);1H. The van der Waals surface area contributed by atoms with Gasteiger partial charge in [-0.2, -0.15) is 13.2 Å². The zero-order chi connectivity index (χ0) is 15.9. The third-order valence-corrected chi connectivity index (χ3v) is 2.89. The fourth-order valence-corrected chi connectivity index (χ4v) is 1.80. The summed E-state index contributed by atoms with van der Waals surface area (Å²) in [4.78, 5) is 5.85. The van der Waals surface area contributed by atoms with Crippen LogP contribution in [0.4, 0.5) is 13.2 Å². The summed E-state index contributed by atoms with van der Waals surface area (Å²) >= 11 is 0. The molecule has 0 aliphatic carbocycles. The Labute approximate surface area is 147 Å². The van der Waals surface area contributed by atoms with Crippen molar-refractivity contribution in [2.24, 2.45) is 4.99 Å². The van der Waals surface area contributed by atoms with E-state index in [4.69, 9.17) is 0 Å². The minimum absolute atomic E-state index is 0. The monoisotopic (exact) mass is 429 g/mol. The van der Waals surface area contributed by atoms with Gasteiger partial charge in [-0.1, -0.05) is 29.8 Å². The van der Waals surface area contributed by atoms with Gasteiger partial charge in [0.05, 0.1) is 13.0 Å². The van der Waals surface area contributed by atoms with Crippen LogP contribution in [0.5, 0.6) is 0 Å². The maximum Gasteiger partial charge on any atom is 0.390 e. The van der Waals surface area contributed by atoms with Crippen LogP contribution in [0.25, 0.3) is 0 Å². The topological polar surface area (TPSA) is 27.6 Å². The van der Waals surface area contributed by atoms with Gasteiger partial charge < -0.3 is 10.2 Å². The maximum absolute atomic E-state index is 12.2. The molecule has 0 amide bonds. The lowest BCUT2D eigenvalue weighted by molar-refractivity contribution is -0.132. The highest BCUT2D eigenvalue weighted by molar-refractivity contribution is 14.0. The molecule has 0 aliphatic heterocycles. The van der Waals surface area contributed by atoms with E-state index in [1.54, 1.807) is 0 Å². The van der Waals surface area contributed by atoms with Gasteiger partial charge in [0.2, 0.25) is 0 Å². The van der Waals surface area contributed by atoms with Gasteiger partial charge in [-0.3, -0.25) is 4.99 Å². The van der Waals surface area contributed by atoms with Crippen molar-refractivity contribution in [3.05, 3.63) is 35.4 Å². The van der Waals surface area contributed by atoms with Gasteiger partial charge in [0.25, 0.3) is 0 Å². The molecule has 0 aromatic heterocycles. The van der Waals surface area contributed by atoms with Crippen molar-refractivity contribution < 1.29 is 13.2 Å². The van der Waals surface area contributed by atoms with Gasteiger partial charge >= 0.3 is 6.18 Å². The van der Waals surface area contributed by atoms with Gasteiger partial charge in [-0.25, -0.2) is 0 Å². The first-order valence-corrected chi connectivity index (χ1v) is 6.93. The molecule has 3 nitrogen and oxygen atoms in total. The van der Waals surface area contributed by atoms with E-state index in [1.165, 1.54) is 5.56 Å². The number of aliphatic imine (C=N–C) groups is 1. The van der Waals surface area contributed by atoms with E-state index in [0.29, 0.717) is 19.0 Å². The Hall–Kier alpha value is -0.990. The highest BCUT2D eigenvalue weighted by Gasteiger charge is 2.26. The number of hydrogen-bond acceptors (Lipinski definition) is 1. The van der Waals surface area contributed by atoms with Gasteiger partial charge in [0, 0.05) is 20.1 Å². The van der Waals surface area contributed by atoms with Crippen molar-refractivity contribution in [3.8, 4) is 0 Å². The summed E-state index contributed by atoms with van der Waals surface area (Å²) in [7, 11) is 1.81. The fourth-order valence-electron chi connectivity index (χ4n) is 1.80. The van der Waals surface area contributed by atoms with Crippen LogP contribution >= 0.6 is 24.0 Å². The first-order chi connectivity index (χ1) is 9.81. The van der Waals surface area contributed by atoms with Crippen LogP contribution in [0.15, 0.2) is 29.3 Å². The Morgan fingerprint density at radius 2 is 1.82 bits per heavy atom. The molecule has 0 aliphatic rings. The van der Waals surface area contributed by atoms with Crippen LogP contribution in [0.1, 0.15) is 24.5 Å². The number of hydrogen-bond donors (Lipinski definition) is 1. The van der Waals surface area contributed by atoms with Crippen LogP contribution in [0.2, 0.25) is 0 Å². The SMILES string of the molecule is CCNC(=NCCC(F)(F)F)N(C)Cc1ccc(C)cc1.I. The third kappa shape index (κ3) is 8.45. The average molecular weight is 429 g/mol. The lowest BCUT2D eigenvalue weighted by Gasteiger charge is -2.22. The predicted octanol–water partition coefficient (Wildman–Crippen LogP) is 3.96. The highest BCUT2D eigenvalue weighted by atomic mass is 127. The second-order valence-electron chi connectivity index (χ2n) is 4.94. The molecule has 7 heteroatoms. The molecule has 126 valence electrons. The average Bonchev–Trinajstić information content (AvgIpc) is 2.39. The predicted molar refractivity (Wildman–Crippen MR) is 94.7 cm³/mol. The lowest BCUT2D eigenvalue weighted by atomic mass is 10.1. The summed E-state index contributed by atoms with van der Waals surface area (Å²) in [6.45, 7) is 4.85. The smallest absolute Gasteiger partial charge is 0.357 e. The molecule has 0 radical (unpaired) electrons. The molecule has 0 heterocycles. The molecule has 0 saturated heterocycles. The molecular weight excluding hydrogens is 406 g/mol. The van der Waals surface area contributed by atoms with Crippen LogP contribution in [-0.4, -0.2) is 37.2 Å². The molecule has 1 aromatic carbocycles. The Kier molecular flexibility index (Phi) is 9.47. The number of nitrogens with one attached hydrogen (secondary N) is 1. The summed E-state index contributed by atoms with van der Waals surface area (Å²) in [6, 6.07) is 8.03. The number of halogens is 4. The van der Waals surface area contributed by atoms with E-state index < -0.39 is 12.6 Å². The molecule has 0 spiro atoms. The zero-order valence-corrected chi connectivity index (χ0v) is 15.4. The molecule has 0 fully saturated rings. The molecule has 0 unspecified atom stereocenters. The highest BCUT2D eigenvalue weighted by Crippen LogP contribution is 2.19. The summed E-state index contributed by atoms with van der Waals surface area (Å²) in [5, 5.41) is 3.01. The van der Waals surface area contributed by atoms with Gasteiger partial charge in [0.15, 0.2) is 5.96 Å². The number of benzene rings is 1. The first-order valence-electron chi connectivity index (χ1n) is 6.93. The van der Waals surface area contributed by atoms with Crippen molar-refractivity contribution in [1.29, 1.82) is 0 Å². The first kappa shape index (κ1) is 21.0. The third-order valence-electron chi connectivity index (χ3n) is 2.89. The van der Waals surface area contributed by atoms with Crippen molar-refractivity contribution >= 4 is 29.9 Å². The second kappa shape index (κ2) is 9.91. The maximum atomic E-state index is 12.2. The quantitative estimate of drug-likeness (QED) is 0.436. The van der Waals surface area contributed by atoms with E-state index in [0.717, 1.165) is 5.56 Å². The molecule has 1 N–H and O–H groups in total. The van der Waals surface area contributed by atoms with Crippen LogP contribution in [0.3, 0.4) is 0 Å². The van der Waals surface area contributed by atoms with Crippen molar-refractivity contribution in [2.75, 3.05) is 20.1 Å². The molecule has 22 heavy (non-hydrogen) atoms. The second-order valence-corrected chi connectivity index (χ2v) is 4.94. The van der Waals surface area contributed by atoms with E-state index in [9.17, 15) is 13.2 Å². The Bertz CT molecular complexity index is 458. The fraction of sp³-hybridized carbons (Fsp3) is 0.533. The molecule has 0 bridgehead atoms. The van der Waals surface area contributed by atoms with Gasteiger partial charge in [0.1, 0.15) is 0 Å². The van der Waals surface area contributed by atoms with Crippen molar-refractivity contribution in [2.45, 2.75) is 33.0 Å². The molecular formula is C15H23F3IN3. The summed E-state index contributed by atoms with van der Waals surface area (Å²) < 4.78 is 36.5. The molecule has 1 rings (SSSR count). The zero-order valence-electron chi connectivity index (χ0n) is 13.1. The Balaban J connectivity index is 0.00000441. The normalized spacial score (nSPS) is 11.8. The number of rotatable bonds is 5. The van der Waals surface area contributed by atoms with E-state index >= 15 is 0 Å². The lowest BCUT2D eigenvalue weighted by Crippen LogP contribution is -2.38. The van der Waals surface area contributed by atoms with E-state index in [-0.39, 0.29) is 30.5 Å². The van der Waals surface area contributed by atoms with Crippen LogP contribution in [0, 0.1) is 6.92 Å². The molecule has 0 atom stereocenters. The summed E-state index contributed by atoms with van der Waals surface area (Å²) in [5.74, 6) is 0.488. The number of aryl methyl sites for hydroxylation is 1. The van der Waals surface area contributed by atoms with Crippen LogP contribution < -0.4 is 5.32 Å². The largest absolute Gasteiger partial charge is 0.390 e. The van der Waals surface area contributed by atoms with Crippen LogP contribution in [-0.2, 0) is 6.54 Å². The number of alkyl halides is 3. The summed E-state index contributed by atoms with van der Waals surface area (Å²) in [6.07, 6.45) is -5.07.